The number of rotatable bonds is 3. The van der Waals surface area contributed by atoms with Crippen molar-refractivity contribution in [3.8, 4) is 0 Å². The summed E-state index contributed by atoms with van der Waals surface area (Å²) in [5.41, 5.74) is 5.48. The SMILES string of the molecule is CCCN1C=C(CN)SC1Cl. The van der Waals surface area contributed by atoms with Crippen LogP contribution in [0, 0.1) is 0 Å². The maximum absolute atomic E-state index is 6.01. The minimum atomic E-state index is 0.0634. The molecule has 0 radical (unpaired) electrons. The summed E-state index contributed by atoms with van der Waals surface area (Å²) < 4.78 is 0. The second-order valence-electron chi connectivity index (χ2n) is 2.45. The highest BCUT2D eigenvalue weighted by molar-refractivity contribution is 8.04. The van der Waals surface area contributed by atoms with Gasteiger partial charge in [0.15, 0.2) is 4.83 Å². The lowest BCUT2D eigenvalue weighted by Gasteiger charge is -2.17. The number of hydrogen-bond donors (Lipinski definition) is 1. The van der Waals surface area contributed by atoms with Gasteiger partial charge in [-0.1, -0.05) is 30.3 Å². The average molecular weight is 193 g/mol. The van der Waals surface area contributed by atoms with Crippen LogP contribution in [0.15, 0.2) is 11.1 Å². The van der Waals surface area contributed by atoms with Crippen LogP contribution in [-0.4, -0.2) is 22.8 Å². The molecule has 1 aliphatic heterocycles. The number of hydrogen-bond acceptors (Lipinski definition) is 3. The maximum atomic E-state index is 6.01. The van der Waals surface area contributed by atoms with E-state index in [1.54, 1.807) is 11.8 Å². The molecule has 0 aromatic carbocycles. The molecule has 11 heavy (non-hydrogen) atoms. The third kappa shape index (κ3) is 2.29. The molecule has 0 aromatic rings. The highest BCUT2D eigenvalue weighted by Crippen LogP contribution is 2.34. The molecule has 0 amide bonds. The average Bonchev–Trinajstić information content (AvgIpc) is 2.33. The fourth-order valence-electron chi connectivity index (χ4n) is 0.992. The highest BCUT2D eigenvalue weighted by Gasteiger charge is 2.20. The van der Waals surface area contributed by atoms with E-state index in [2.05, 4.69) is 18.0 Å². The van der Waals surface area contributed by atoms with Crippen molar-refractivity contribution in [1.29, 1.82) is 0 Å². The lowest BCUT2D eigenvalue weighted by molar-refractivity contribution is 0.419. The smallest absolute Gasteiger partial charge is 0.155 e. The van der Waals surface area contributed by atoms with Gasteiger partial charge in [0, 0.05) is 24.2 Å². The standard InChI is InChI=1S/C7H13ClN2S/c1-2-3-10-5-6(4-9)11-7(10)8/h5,7H,2-4,9H2,1H3. The molecule has 0 aromatic heterocycles. The van der Waals surface area contributed by atoms with Gasteiger partial charge in [-0.2, -0.15) is 0 Å². The van der Waals surface area contributed by atoms with Gasteiger partial charge in [-0.05, 0) is 6.42 Å². The molecule has 0 bridgehead atoms. The molecule has 0 fully saturated rings. The molecule has 4 heteroatoms. The molecule has 2 nitrogen and oxygen atoms in total. The Hall–Kier alpha value is 0.140. The van der Waals surface area contributed by atoms with Crippen molar-refractivity contribution in [3.05, 3.63) is 11.1 Å². The predicted molar refractivity (Wildman–Crippen MR) is 51.4 cm³/mol. The minimum absolute atomic E-state index is 0.0634. The third-order valence-corrected chi connectivity index (χ3v) is 3.06. The second-order valence-corrected chi connectivity index (χ2v) is 4.33. The number of nitrogens with two attached hydrogens (primary N) is 1. The lowest BCUT2D eigenvalue weighted by Crippen LogP contribution is -2.20. The van der Waals surface area contributed by atoms with E-state index in [0.29, 0.717) is 6.54 Å². The molecule has 0 saturated carbocycles. The normalized spacial score (nSPS) is 24.1. The van der Waals surface area contributed by atoms with E-state index in [-0.39, 0.29) is 4.83 Å². The Kier molecular flexibility index (Phi) is 3.55. The summed E-state index contributed by atoms with van der Waals surface area (Å²) in [4.78, 5) is 3.36. The van der Waals surface area contributed by atoms with Crippen LogP contribution in [0.4, 0.5) is 0 Å². The zero-order valence-corrected chi connectivity index (χ0v) is 8.16. The largest absolute Gasteiger partial charge is 0.352 e. The van der Waals surface area contributed by atoms with Crippen LogP contribution in [0.1, 0.15) is 13.3 Å². The summed E-state index contributed by atoms with van der Waals surface area (Å²) in [5, 5.41) is 0. The first-order valence-electron chi connectivity index (χ1n) is 3.75. The zero-order valence-electron chi connectivity index (χ0n) is 6.59. The quantitative estimate of drug-likeness (QED) is 0.546. The van der Waals surface area contributed by atoms with Crippen LogP contribution in [-0.2, 0) is 0 Å². The molecular weight excluding hydrogens is 180 g/mol. The number of alkyl halides is 1. The monoisotopic (exact) mass is 192 g/mol. The summed E-state index contributed by atoms with van der Waals surface area (Å²) in [7, 11) is 0. The highest BCUT2D eigenvalue weighted by atomic mass is 35.5. The number of thioether (sulfide) groups is 1. The number of nitrogens with zero attached hydrogens (tertiary/aromatic N) is 1. The Bertz CT molecular complexity index is 161. The second kappa shape index (κ2) is 4.24. The Morgan fingerprint density at radius 2 is 2.55 bits per heavy atom. The van der Waals surface area contributed by atoms with Gasteiger partial charge in [0.2, 0.25) is 0 Å². The molecule has 1 aliphatic rings. The van der Waals surface area contributed by atoms with Gasteiger partial charge >= 0.3 is 0 Å². The summed E-state index contributed by atoms with van der Waals surface area (Å²) in [6.07, 6.45) is 3.18. The molecule has 1 atom stereocenters. The topological polar surface area (TPSA) is 29.3 Å². The van der Waals surface area contributed by atoms with Crippen LogP contribution >= 0.6 is 23.4 Å². The molecule has 0 spiro atoms. The van der Waals surface area contributed by atoms with E-state index >= 15 is 0 Å². The molecular formula is C7H13ClN2S. The van der Waals surface area contributed by atoms with Gasteiger partial charge in [-0.25, -0.2) is 0 Å². The molecule has 1 heterocycles. The van der Waals surface area contributed by atoms with Crippen LogP contribution in [0.5, 0.6) is 0 Å². The molecule has 2 N–H and O–H groups in total. The molecule has 0 saturated heterocycles. The Morgan fingerprint density at radius 1 is 1.82 bits per heavy atom. The predicted octanol–water partition coefficient (Wildman–Crippen LogP) is 1.77. The summed E-state index contributed by atoms with van der Waals surface area (Å²) >= 11 is 7.65. The van der Waals surface area contributed by atoms with E-state index in [1.807, 2.05) is 0 Å². The maximum Gasteiger partial charge on any atom is 0.155 e. The van der Waals surface area contributed by atoms with Crippen LogP contribution in [0.25, 0.3) is 0 Å². The molecule has 64 valence electrons. The first-order chi connectivity index (χ1) is 5.27. The first kappa shape index (κ1) is 9.23. The zero-order chi connectivity index (χ0) is 8.27. The fraction of sp³-hybridized carbons (Fsp3) is 0.714. The van der Waals surface area contributed by atoms with E-state index < -0.39 is 0 Å². The van der Waals surface area contributed by atoms with E-state index in [1.165, 1.54) is 4.91 Å². The number of halogens is 1. The van der Waals surface area contributed by atoms with Gasteiger partial charge in [-0.15, -0.1) is 0 Å². The van der Waals surface area contributed by atoms with E-state index in [9.17, 15) is 0 Å². The van der Waals surface area contributed by atoms with Crippen LogP contribution in [0.2, 0.25) is 0 Å². The van der Waals surface area contributed by atoms with Crippen molar-refractivity contribution < 1.29 is 0 Å². The Labute approximate surface area is 76.8 Å². The van der Waals surface area contributed by atoms with Crippen molar-refractivity contribution >= 4 is 23.4 Å². The Balaban J connectivity index is 2.46. The molecule has 0 aliphatic carbocycles. The van der Waals surface area contributed by atoms with Crippen LogP contribution < -0.4 is 5.73 Å². The van der Waals surface area contributed by atoms with Gasteiger partial charge in [-0.3, -0.25) is 0 Å². The minimum Gasteiger partial charge on any atom is -0.352 e. The summed E-state index contributed by atoms with van der Waals surface area (Å²) in [6, 6.07) is 0. The third-order valence-electron chi connectivity index (χ3n) is 1.50. The van der Waals surface area contributed by atoms with Gasteiger partial charge in [0.1, 0.15) is 0 Å². The van der Waals surface area contributed by atoms with Crippen molar-refractivity contribution in [2.24, 2.45) is 5.73 Å². The molecule has 1 rings (SSSR count). The summed E-state index contributed by atoms with van der Waals surface area (Å²) in [5.74, 6) is 0. The summed E-state index contributed by atoms with van der Waals surface area (Å²) in [6.45, 7) is 3.77. The Morgan fingerprint density at radius 3 is 3.00 bits per heavy atom. The lowest BCUT2D eigenvalue weighted by atomic mass is 10.4. The van der Waals surface area contributed by atoms with E-state index in [0.717, 1.165) is 13.0 Å². The van der Waals surface area contributed by atoms with Gasteiger partial charge in [0.25, 0.3) is 0 Å². The van der Waals surface area contributed by atoms with Crippen LogP contribution in [0.3, 0.4) is 0 Å². The van der Waals surface area contributed by atoms with E-state index in [4.69, 9.17) is 17.3 Å². The van der Waals surface area contributed by atoms with Crippen molar-refractivity contribution in [2.75, 3.05) is 13.1 Å². The fourth-order valence-corrected chi connectivity index (χ4v) is 2.33. The van der Waals surface area contributed by atoms with Crippen molar-refractivity contribution in [1.82, 2.24) is 4.90 Å². The molecule has 1 unspecified atom stereocenters. The van der Waals surface area contributed by atoms with Gasteiger partial charge < -0.3 is 10.6 Å². The van der Waals surface area contributed by atoms with Crippen molar-refractivity contribution in [3.63, 3.8) is 0 Å². The van der Waals surface area contributed by atoms with Crippen molar-refractivity contribution in [2.45, 2.75) is 18.2 Å². The van der Waals surface area contributed by atoms with Gasteiger partial charge in [0.05, 0.1) is 0 Å². The first-order valence-corrected chi connectivity index (χ1v) is 5.06.